The maximum absolute atomic E-state index is 12.1. The number of amides is 1. The van der Waals surface area contributed by atoms with Gasteiger partial charge < -0.3 is 51.9 Å². The van der Waals surface area contributed by atoms with E-state index in [1.54, 1.807) is 24.3 Å². The molecule has 14 heteroatoms. The zero-order valence-corrected chi connectivity index (χ0v) is 18.9. The Morgan fingerprint density at radius 3 is 2.06 bits per heavy atom. The molecule has 0 bridgehead atoms. The van der Waals surface area contributed by atoms with Crippen molar-refractivity contribution in [2.24, 2.45) is 0 Å². The minimum atomic E-state index is -2.65. The number of nitrogens with zero attached hydrogens (tertiary/aromatic N) is 1. The molecule has 0 aliphatic heterocycles. The number of phenolic OH excluding ortho intramolecular Hbond substituents is 5. The van der Waals surface area contributed by atoms with Crippen LogP contribution in [0.1, 0.15) is 16.8 Å². The minimum absolute atomic E-state index is 0.0286. The Balaban J connectivity index is 1.53. The van der Waals surface area contributed by atoms with Gasteiger partial charge in [0.2, 0.25) is 29.1 Å². The van der Waals surface area contributed by atoms with Gasteiger partial charge in [0.25, 0.3) is 0 Å². The number of rotatable bonds is 9. The van der Waals surface area contributed by atoms with Gasteiger partial charge in [-0.05, 0) is 24.1 Å². The summed E-state index contributed by atoms with van der Waals surface area (Å²) in [6.07, 6.45) is -0.674. The highest BCUT2D eigenvalue weighted by Crippen LogP contribution is 2.51. The van der Waals surface area contributed by atoms with E-state index in [2.05, 4.69) is 15.6 Å². The molecule has 0 saturated heterocycles. The van der Waals surface area contributed by atoms with Crippen molar-refractivity contribution < 1.29 is 45.6 Å². The van der Waals surface area contributed by atoms with E-state index >= 15 is 0 Å². The number of carbonyl (C=O) groups is 1. The van der Waals surface area contributed by atoms with E-state index in [1.807, 2.05) is 0 Å². The molecule has 3 rings (SSSR count). The average molecular weight is 509 g/mol. The third-order valence-corrected chi connectivity index (χ3v) is 5.70. The molecule has 0 unspecified atom stereocenters. The Labute approximate surface area is 202 Å². The van der Waals surface area contributed by atoms with Crippen molar-refractivity contribution in [3.05, 3.63) is 41.1 Å². The molecule has 0 aliphatic rings. The van der Waals surface area contributed by atoms with E-state index in [-0.39, 0.29) is 28.9 Å². The van der Waals surface area contributed by atoms with Crippen LogP contribution in [-0.4, -0.2) is 64.2 Å². The summed E-state index contributed by atoms with van der Waals surface area (Å²) in [7, 11) is 0. The van der Waals surface area contributed by atoms with E-state index in [9.17, 15) is 45.6 Å². The summed E-state index contributed by atoms with van der Waals surface area (Å²) in [6.45, 7) is 0.0286. The number of phenols is 5. The van der Waals surface area contributed by atoms with Gasteiger partial charge in [0.1, 0.15) is 5.69 Å². The first-order valence-corrected chi connectivity index (χ1v) is 10.9. The van der Waals surface area contributed by atoms with Gasteiger partial charge in [-0.25, -0.2) is 4.98 Å². The second kappa shape index (κ2) is 10.1. The zero-order valence-electron chi connectivity index (χ0n) is 18.1. The largest absolute Gasteiger partial charge is 0.504 e. The van der Waals surface area contributed by atoms with Crippen molar-refractivity contribution in [2.45, 2.75) is 25.2 Å². The topological polar surface area (TPSA) is 242 Å². The average Bonchev–Trinajstić information content (AvgIpc) is 3.11. The number of benzene rings is 2. The summed E-state index contributed by atoms with van der Waals surface area (Å²) >= 11 is 0.876. The fraction of sp³-hybridized carbons (Fsp3) is 0.238. The Morgan fingerprint density at radius 1 is 0.943 bits per heavy atom. The Morgan fingerprint density at radius 2 is 1.51 bits per heavy atom. The highest BCUT2D eigenvalue weighted by molar-refractivity contribution is 7.17. The first-order valence-electron chi connectivity index (χ1n) is 10.1. The number of nitrogens with one attached hydrogen (secondary N) is 2. The SMILES string of the molecule is Nc1nc(CC(=O)Nc2ccc(CCNC(O)(O)Cc3c(O)c(O)c(O)c(O)c3O)cc2)c(O)s1. The number of aliphatic hydroxyl groups is 2. The smallest absolute Gasteiger partial charge is 0.230 e. The van der Waals surface area contributed by atoms with Crippen molar-refractivity contribution in [1.29, 1.82) is 0 Å². The van der Waals surface area contributed by atoms with Gasteiger partial charge in [-0.15, -0.1) is 0 Å². The number of nitrogens with two attached hydrogens (primary N) is 1. The van der Waals surface area contributed by atoms with Crippen LogP contribution >= 0.6 is 11.3 Å². The van der Waals surface area contributed by atoms with Crippen LogP contribution in [0.5, 0.6) is 33.8 Å². The Kier molecular flexibility index (Phi) is 7.40. The van der Waals surface area contributed by atoms with E-state index in [4.69, 9.17) is 5.73 Å². The van der Waals surface area contributed by atoms with Crippen LogP contribution < -0.4 is 16.4 Å². The molecule has 0 aliphatic carbocycles. The first-order chi connectivity index (χ1) is 16.4. The Hall–Kier alpha value is -3.98. The molecule has 0 saturated carbocycles. The molecule has 0 fully saturated rings. The molecule has 1 amide bonds. The molecule has 0 radical (unpaired) electrons. The molecular weight excluding hydrogens is 484 g/mol. The summed E-state index contributed by atoms with van der Waals surface area (Å²) in [5.41, 5.74) is 6.34. The maximum Gasteiger partial charge on any atom is 0.230 e. The standard InChI is InChI=1S/C21H24N4O9S/c22-20-25-12(19(32)35-20)7-13(26)24-10-3-1-9(2-4-10)5-6-23-21(33,34)8-11-14(27)16(29)18(31)17(30)15(11)28/h1-4,23,27-34H,5-8H2,(H2,22,25)(H,24,26). The lowest BCUT2D eigenvalue weighted by molar-refractivity contribution is -0.183. The number of hydrogen-bond acceptors (Lipinski definition) is 13. The van der Waals surface area contributed by atoms with E-state index in [0.29, 0.717) is 12.1 Å². The highest BCUT2D eigenvalue weighted by Gasteiger charge is 2.31. The van der Waals surface area contributed by atoms with Gasteiger partial charge in [0.15, 0.2) is 21.7 Å². The highest BCUT2D eigenvalue weighted by atomic mass is 32.1. The van der Waals surface area contributed by atoms with Gasteiger partial charge in [0, 0.05) is 18.7 Å². The summed E-state index contributed by atoms with van der Waals surface area (Å²) < 4.78 is 0. The fourth-order valence-corrected chi connectivity index (χ4v) is 3.80. The second-order valence-electron chi connectivity index (χ2n) is 7.62. The van der Waals surface area contributed by atoms with Gasteiger partial charge >= 0.3 is 0 Å². The van der Waals surface area contributed by atoms with Crippen molar-refractivity contribution >= 4 is 28.1 Å². The molecule has 1 aromatic heterocycles. The molecule has 2 aromatic carbocycles. The van der Waals surface area contributed by atoms with Crippen molar-refractivity contribution in [3.8, 4) is 33.8 Å². The van der Waals surface area contributed by atoms with Crippen LogP contribution in [0.15, 0.2) is 24.3 Å². The zero-order chi connectivity index (χ0) is 25.9. The van der Waals surface area contributed by atoms with Gasteiger partial charge in [-0.2, -0.15) is 0 Å². The predicted octanol–water partition coefficient (Wildman–Crippen LogP) is 0.153. The second-order valence-corrected chi connectivity index (χ2v) is 8.63. The monoisotopic (exact) mass is 508 g/mol. The molecule has 0 spiro atoms. The number of aromatic hydroxyl groups is 6. The molecule has 3 aromatic rings. The predicted molar refractivity (Wildman–Crippen MR) is 124 cm³/mol. The Bertz CT molecular complexity index is 1200. The number of carbonyl (C=O) groups excluding carboxylic acids is 1. The molecule has 35 heavy (non-hydrogen) atoms. The summed E-state index contributed by atoms with van der Waals surface area (Å²) in [4.78, 5) is 16.0. The number of hydrogen-bond donors (Lipinski definition) is 11. The summed E-state index contributed by atoms with van der Waals surface area (Å²) in [6, 6.07) is 6.65. The van der Waals surface area contributed by atoms with Crippen molar-refractivity contribution in [1.82, 2.24) is 10.3 Å². The van der Waals surface area contributed by atoms with Gasteiger partial charge in [0.05, 0.1) is 12.0 Å². The van der Waals surface area contributed by atoms with Crippen LogP contribution in [0, 0.1) is 0 Å². The van der Waals surface area contributed by atoms with Crippen LogP contribution in [0.4, 0.5) is 10.8 Å². The fourth-order valence-electron chi connectivity index (χ4n) is 3.21. The van der Waals surface area contributed by atoms with Crippen LogP contribution in [0.25, 0.3) is 0 Å². The van der Waals surface area contributed by atoms with Crippen LogP contribution in [0.2, 0.25) is 0 Å². The summed E-state index contributed by atoms with van der Waals surface area (Å²) in [5, 5.41) is 83.3. The maximum atomic E-state index is 12.1. The van der Waals surface area contributed by atoms with Crippen LogP contribution in [0.3, 0.4) is 0 Å². The molecule has 188 valence electrons. The van der Waals surface area contributed by atoms with Gasteiger partial charge in [-0.1, -0.05) is 23.5 Å². The molecule has 12 N–H and O–H groups in total. The first kappa shape index (κ1) is 25.6. The van der Waals surface area contributed by atoms with E-state index in [1.165, 1.54) is 0 Å². The third-order valence-electron chi connectivity index (χ3n) is 4.97. The number of aromatic nitrogens is 1. The number of nitrogen functional groups attached to an aromatic ring is 1. The lowest BCUT2D eigenvalue weighted by atomic mass is 10.0. The van der Waals surface area contributed by atoms with E-state index < -0.39 is 52.6 Å². The molecule has 1 heterocycles. The van der Waals surface area contributed by atoms with Crippen molar-refractivity contribution in [2.75, 3.05) is 17.6 Å². The molecular formula is C21H24N4O9S. The van der Waals surface area contributed by atoms with E-state index in [0.717, 1.165) is 16.9 Å². The van der Waals surface area contributed by atoms with Crippen LogP contribution in [-0.2, 0) is 24.1 Å². The normalized spacial score (nSPS) is 11.5. The quantitative estimate of drug-likeness (QED) is 0.105. The third kappa shape index (κ3) is 6.13. The number of anilines is 2. The van der Waals surface area contributed by atoms with Crippen molar-refractivity contribution in [3.63, 3.8) is 0 Å². The lowest BCUT2D eigenvalue weighted by Crippen LogP contribution is -2.47. The number of thiazole rings is 1. The summed E-state index contributed by atoms with van der Waals surface area (Å²) in [5.74, 6) is -8.47. The molecule has 13 nitrogen and oxygen atoms in total. The van der Waals surface area contributed by atoms with Gasteiger partial charge in [-0.3, -0.25) is 10.1 Å². The minimum Gasteiger partial charge on any atom is -0.504 e. The molecule has 0 atom stereocenters. The lowest BCUT2D eigenvalue weighted by Gasteiger charge is -2.24.